The maximum absolute atomic E-state index is 12.1. The lowest BCUT2D eigenvalue weighted by atomic mass is 10.0. The number of benzene rings is 4. The molecular weight excluding hydrogens is 573 g/mol. The number of aromatic nitrogens is 1. The van der Waals surface area contributed by atoms with Gasteiger partial charge in [-0.3, -0.25) is 0 Å². The summed E-state index contributed by atoms with van der Waals surface area (Å²) in [5.41, 5.74) is 1.42. The van der Waals surface area contributed by atoms with Gasteiger partial charge in [0.25, 0.3) is 0 Å². The molecule has 1 aromatic heterocycles. The lowest BCUT2D eigenvalue weighted by Crippen LogP contribution is -2.16. The van der Waals surface area contributed by atoms with Crippen LogP contribution in [0.3, 0.4) is 0 Å². The van der Waals surface area contributed by atoms with Gasteiger partial charge < -0.3 is 15.0 Å². The van der Waals surface area contributed by atoms with Crippen LogP contribution in [0.15, 0.2) is 105 Å². The Hall–Kier alpha value is -4.21. The van der Waals surface area contributed by atoms with E-state index in [9.17, 15) is 21.9 Å². The third-order valence-electron chi connectivity index (χ3n) is 6.19. The number of para-hydroxylation sites is 1. The molecule has 5 aromatic rings. The Labute approximate surface area is 234 Å². The Bertz CT molecular complexity index is 2050. The highest BCUT2D eigenvalue weighted by Crippen LogP contribution is 2.40. The summed E-state index contributed by atoms with van der Waals surface area (Å²) in [6.07, 6.45) is 0. The van der Waals surface area contributed by atoms with Crippen LogP contribution in [0, 0.1) is 0 Å². The van der Waals surface area contributed by atoms with Crippen molar-refractivity contribution in [2.75, 3.05) is 5.32 Å². The lowest BCUT2D eigenvalue weighted by Gasteiger charge is -2.10. The van der Waals surface area contributed by atoms with E-state index in [-0.39, 0.29) is 44.1 Å². The maximum atomic E-state index is 12.1. The molecule has 6 N–H and O–H groups in total. The van der Waals surface area contributed by atoms with Crippen molar-refractivity contribution in [1.82, 2.24) is 4.57 Å². The number of nitrogens with one attached hydrogen (secondary N) is 1. The van der Waals surface area contributed by atoms with E-state index in [0.29, 0.717) is 5.52 Å². The molecule has 0 fully saturated rings. The number of nitrogens with zero attached hydrogens (tertiary/aromatic N) is 3. The number of hydrogen-bond donors (Lipinski definition) is 4. The Morgan fingerprint density at radius 3 is 2.33 bits per heavy atom. The largest absolute Gasteiger partial charge is 0.493 e. The zero-order chi connectivity index (χ0) is 28.7. The van der Waals surface area contributed by atoms with E-state index in [2.05, 4.69) is 15.5 Å². The molecule has 1 heterocycles. The van der Waals surface area contributed by atoms with Crippen molar-refractivity contribution in [3.63, 3.8) is 0 Å². The van der Waals surface area contributed by atoms with Gasteiger partial charge in [-0.1, -0.05) is 54.6 Å². The van der Waals surface area contributed by atoms with Crippen LogP contribution in [-0.2, 0) is 26.6 Å². The van der Waals surface area contributed by atoms with E-state index >= 15 is 0 Å². The molecule has 40 heavy (non-hydrogen) atoms. The van der Waals surface area contributed by atoms with Gasteiger partial charge in [-0.2, -0.15) is 0 Å². The van der Waals surface area contributed by atoms with Crippen LogP contribution in [0.4, 0.5) is 11.4 Å². The molecule has 0 saturated carbocycles. The average molecular weight is 595 g/mol. The number of sulfonamides is 2. The van der Waals surface area contributed by atoms with Gasteiger partial charge in [-0.15, -0.1) is 10.2 Å². The number of fused-ring (bicyclic) bond motifs is 2. The van der Waals surface area contributed by atoms with Crippen molar-refractivity contribution in [3.05, 3.63) is 90.5 Å². The van der Waals surface area contributed by atoms with Gasteiger partial charge in [0.1, 0.15) is 4.90 Å². The minimum atomic E-state index is -4.06. The van der Waals surface area contributed by atoms with E-state index in [1.165, 1.54) is 36.4 Å². The van der Waals surface area contributed by atoms with Crippen LogP contribution in [0.5, 0.6) is 5.88 Å². The number of thiocarbonyl (C=S) groups is 1. The molecule has 0 aliphatic carbocycles. The predicted octanol–water partition coefficient (Wildman–Crippen LogP) is 4.32. The summed E-state index contributed by atoms with van der Waals surface area (Å²) in [4.78, 5) is -0.374. The SMILES string of the molecule is NS(=O)(=O)c1ccc2c(c1)c(N=NC(=S)Nc1ccccc1S(N)(=O)=O)c(O)n2Cc1cccc2ccccc12. The zero-order valence-corrected chi connectivity index (χ0v) is 23.0. The molecule has 0 spiro atoms. The predicted molar refractivity (Wildman–Crippen MR) is 157 cm³/mol. The third kappa shape index (κ3) is 5.43. The molecule has 0 radical (unpaired) electrons. The molecule has 14 heteroatoms. The van der Waals surface area contributed by atoms with E-state index in [0.717, 1.165) is 16.3 Å². The number of hydrogen-bond acceptors (Lipinski definition) is 7. The van der Waals surface area contributed by atoms with Crippen LogP contribution >= 0.6 is 12.2 Å². The Kier molecular flexibility index (Phi) is 7.12. The minimum absolute atomic E-state index is 0.0513. The minimum Gasteiger partial charge on any atom is -0.493 e. The van der Waals surface area contributed by atoms with E-state index in [1.54, 1.807) is 10.6 Å². The van der Waals surface area contributed by atoms with Gasteiger partial charge in [0.2, 0.25) is 31.0 Å². The fourth-order valence-electron chi connectivity index (χ4n) is 4.39. The lowest BCUT2D eigenvalue weighted by molar-refractivity contribution is 0.430. The average Bonchev–Trinajstić information content (AvgIpc) is 3.16. The Morgan fingerprint density at radius 2 is 1.57 bits per heavy atom. The fourth-order valence-corrected chi connectivity index (χ4v) is 5.78. The second-order valence-electron chi connectivity index (χ2n) is 8.79. The standard InChI is InChI=1S/C26H22N6O5S3/c27-39(34,35)18-12-13-22-20(14-18)24(30-31-26(38)29-21-10-3-4-11-23(21)40(28,36)37)25(33)32(22)15-17-8-5-7-16-6-1-2-9-19(16)17/h1-14,33H,15H2,(H,29,38)(H2,27,34,35)(H2,28,36,37). The second kappa shape index (κ2) is 10.4. The molecule has 11 nitrogen and oxygen atoms in total. The topological polar surface area (TPSA) is 182 Å². The fraction of sp³-hybridized carbons (Fsp3) is 0.0385. The Morgan fingerprint density at radius 1 is 0.875 bits per heavy atom. The molecule has 0 bridgehead atoms. The van der Waals surface area contributed by atoms with Crippen molar-refractivity contribution in [1.29, 1.82) is 0 Å². The second-order valence-corrected chi connectivity index (χ2v) is 12.3. The van der Waals surface area contributed by atoms with Gasteiger partial charge in [0.15, 0.2) is 5.69 Å². The molecule has 0 atom stereocenters. The first kappa shape index (κ1) is 27.4. The molecule has 204 valence electrons. The number of aromatic hydroxyl groups is 1. The van der Waals surface area contributed by atoms with Crippen molar-refractivity contribution < 1.29 is 21.9 Å². The van der Waals surface area contributed by atoms with Gasteiger partial charge in [0, 0.05) is 5.39 Å². The number of primary sulfonamides is 2. The summed E-state index contributed by atoms with van der Waals surface area (Å²) in [6.45, 7) is 0.234. The molecule has 0 saturated heterocycles. The van der Waals surface area contributed by atoms with E-state index < -0.39 is 20.0 Å². The summed E-state index contributed by atoms with van der Waals surface area (Å²) in [5.74, 6) is -0.286. The monoisotopic (exact) mass is 594 g/mol. The van der Waals surface area contributed by atoms with Gasteiger partial charge in [-0.05, 0) is 58.9 Å². The van der Waals surface area contributed by atoms with Gasteiger partial charge in [0.05, 0.1) is 22.6 Å². The molecule has 0 amide bonds. The third-order valence-corrected chi connectivity index (χ3v) is 8.26. The highest BCUT2D eigenvalue weighted by atomic mass is 32.2. The Balaban J connectivity index is 1.58. The van der Waals surface area contributed by atoms with Crippen LogP contribution < -0.4 is 15.6 Å². The van der Waals surface area contributed by atoms with Crippen molar-refractivity contribution in [3.8, 4) is 5.88 Å². The summed E-state index contributed by atoms with van der Waals surface area (Å²) >= 11 is 5.22. The summed E-state index contributed by atoms with van der Waals surface area (Å²) in [7, 11) is -8.11. The maximum Gasteiger partial charge on any atom is 0.240 e. The first-order valence-electron chi connectivity index (χ1n) is 11.6. The number of rotatable bonds is 6. The van der Waals surface area contributed by atoms with Gasteiger partial charge in [-0.25, -0.2) is 27.1 Å². The number of nitrogens with two attached hydrogens (primary N) is 2. The van der Waals surface area contributed by atoms with Crippen LogP contribution in [0.1, 0.15) is 5.56 Å². The van der Waals surface area contributed by atoms with Crippen LogP contribution in [0.2, 0.25) is 0 Å². The number of azo groups is 1. The summed E-state index contributed by atoms with van der Waals surface area (Å²) in [5, 5.41) is 34.6. The smallest absolute Gasteiger partial charge is 0.240 e. The summed E-state index contributed by atoms with van der Waals surface area (Å²) < 4.78 is 49.5. The van der Waals surface area contributed by atoms with Crippen molar-refractivity contribution in [2.24, 2.45) is 20.5 Å². The molecule has 0 aliphatic heterocycles. The van der Waals surface area contributed by atoms with Crippen LogP contribution in [-0.4, -0.2) is 31.6 Å². The molecular formula is C26H22N6O5S3. The normalized spacial score (nSPS) is 12.3. The molecule has 4 aromatic carbocycles. The molecule has 0 unspecified atom stereocenters. The van der Waals surface area contributed by atoms with E-state index in [4.69, 9.17) is 22.5 Å². The van der Waals surface area contributed by atoms with Crippen molar-refractivity contribution >= 4 is 70.4 Å². The number of anilines is 1. The zero-order valence-electron chi connectivity index (χ0n) is 20.6. The first-order chi connectivity index (χ1) is 18.9. The van der Waals surface area contributed by atoms with Gasteiger partial charge >= 0.3 is 0 Å². The first-order valence-corrected chi connectivity index (χ1v) is 15.1. The summed E-state index contributed by atoms with van der Waals surface area (Å²) in [6, 6.07) is 23.6. The molecule has 0 aliphatic rings. The highest BCUT2D eigenvalue weighted by molar-refractivity contribution is 7.89. The molecule has 5 rings (SSSR count). The van der Waals surface area contributed by atoms with E-state index in [1.807, 2.05) is 42.5 Å². The quantitative estimate of drug-likeness (QED) is 0.167. The van der Waals surface area contributed by atoms with Crippen LogP contribution in [0.25, 0.3) is 21.7 Å². The van der Waals surface area contributed by atoms with Crippen molar-refractivity contribution in [2.45, 2.75) is 16.3 Å². The highest BCUT2D eigenvalue weighted by Gasteiger charge is 2.21.